The van der Waals surface area contributed by atoms with Crippen molar-refractivity contribution >= 4 is 34.2 Å². The highest BCUT2D eigenvalue weighted by molar-refractivity contribution is 6.31. The summed E-state index contributed by atoms with van der Waals surface area (Å²) in [6, 6.07) is 23.4. The smallest absolute Gasteiger partial charge is 0.416 e. The molecule has 0 spiro atoms. The van der Waals surface area contributed by atoms with E-state index in [0.717, 1.165) is 17.0 Å². The van der Waals surface area contributed by atoms with Crippen LogP contribution in [0.2, 0.25) is 5.02 Å². The average molecular weight is 548 g/mol. The van der Waals surface area contributed by atoms with E-state index in [1.54, 1.807) is 36.4 Å². The number of nitrogens with zero attached hydrogens (tertiary/aromatic N) is 1. The summed E-state index contributed by atoms with van der Waals surface area (Å²) >= 11 is 6.13. The van der Waals surface area contributed by atoms with Gasteiger partial charge in [-0.15, -0.1) is 0 Å². The van der Waals surface area contributed by atoms with Gasteiger partial charge in [-0.05, 0) is 66.2 Å². The molecule has 0 fully saturated rings. The zero-order valence-electron chi connectivity index (χ0n) is 19.9. The van der Waals surface area contributed by atoms with Crippen LogP contribution in [-0.4, -0.2) is 5.91 Å². The van der Waals surface area contributed by atoms with Crippen LogP contribution in [0.25, 0.3) is 11.0 Å². The second-order valence-corrected chi connectivity index (χ2v) is 9.36. The Kier molecular flexibility index (Phi) is 5.92. The fourth-order valence-corrected chi connectivity index (χ4v) is 4.90. The number of amides is 1. The predicted octanol–water partition coefficient (Wildman–Crippen LogP) is 8.01. The van der Waals surface area contributed by atoms with Gasteiger partial charge in [-0.2, -0.15) is 13.2 Å². The van der Waals surface area contributed by atoms with Crippen molar-refractivity contribution in [1.82, 2.24) is 0 Å². The molecular weight excluding hydrogens is 531 g/mol. The molecule has 6 rings (SSSR count). The normalized spacial score (nSPS) is 15.0. The molecule has 4 aromatic carbocycles. The molecule has 1 aliphatic heterocycles. The zero-order chi connectivity index (χ0) is 27.3. The molecule has 5 nitrogen and oxygen atoms in total. The first-order valence-electron chi connectivity index (χ1n) is 11.8. The molecular formula is C30H17ClF3NO4. The quantitative estimate of drug-likeness (QED) is 0.229. The number of carbonyl (C=O) groups excluding carboxylic acids is 1. The number of benzene rings is 4. The van der Waals surface area contributed by atoms with Crippen LogP contribution in [0.4, 0.5) is 18.9 Å². The molecule has 0 saturated heterocycles. The predicted molar refractivity (Wildman–Crippen MR) is 141 cm³/mol. The van der Waals surface area contributed by atoms with Gasteiger partial charge in [0, 0.05) is 10.7 Å². The van der Waals surface area contributed by atoms with Crippen molar-refractivity contribution < 1.29 is 27.1 Å². The molecule has 9 heteroatoms. The number of halogens is 4. The SMILES string of the molecule is O=C1c2oc3ccc(Cl)cc3c(=O)c2C(c2cccc(Oc3ccccc3)c2)N1c1cccc(C(F)(F)F)c1. The van der Waals surface area contributed by atoms with Crippen LogP contribution in [0.1, 0.15) is 33.3 Å². The summed E-state index contributed by atoms with van der Waals surface area (Å²) in [6.07, 6.45) is -4.63. The molecule has 1 amide bonds. The van der Waals surface area contributed by atoms with Crippen LogP contribution < -0.4 is 15.1 Å². The van der Waals surface area contributed by atoms with Gasteiger partial charge in [0.25, 0.3) is 5.91 Å². The maximum atomic E-state index is 13.8. The number of anilines is 1. The lowest BCUT2D eigenvalue weighted by molar-refractivity contribution is -0.137. The van der Waals surface area contributed by atoms with Gasteiger partial charge in [-0.1, -0.05) is 48.0 Å². The summed E-state index contributed by atoms with van der Waals surface area (Å²) in [6.45, 7) is 0. The van der Waals surface area contributed by atoms with E-state index < -0.39 is 29.1 Å². The Balaban J connectivity index is 1.56. The van der Waals surface area contributed by atoms with E-state index in [-0.39, 0.29) is 28.0 Å². The second-order valence-electron chi connectivity index (χ2n) is 8.93. The second kappa shape index (κ2) is 9.32. The van der Waals surface area contributed by atoms with Crippen molar-refractivity contribution in [3.63, 3.8) is 0 Å². The van der Waals surface area contributed by atoms with Gasteiger partial charge in [-0.25, -0.2) is 0 Å². The molecule has 1 aliphatic rings. The van der Waals surface area contributed by atoms with Crippen LogP contribution in [0, 0.1) is 0 Å². The average Bonchev–Trinajstić information content (AvgIpc) is 3.22. The number of fused-ring (bicyclic) bond motifs is 2. The molecule has 1 atom stereocenters. The lowest BCUT2D eigenvalue weighted by atomic mass is 9.98. The van der Waals surface area contributed by atoms with E-state index in [0.29, 0.717) is 22.1 Å². The van der Waals surface area contributed by atoms with E-state index in [4.69, 9.17) is 20.8 Å². The molecule has 39 heavy (non-hydrogen) atoms. The van der Waals surface area contributed by atoms with Gasteiger partial charge in [-0.3, -0.25) is 14.5 Å². The van der Waals surface area contributed by atoms with E-state index in [1.165, 1.54) is 30.3 Å². The number of hydrogen-bond acceptors (Lipinski definition) is 4. The minimum atomic E-state index is -4.63. The largest absolute Gasteiger partial charge is 0.457 e. The molecule has 0 N–H and O–H groups in total. The first-order valence-corrected chi connectivity index (χ1v) is 12.2. The Labute approximate surface area is 224 Å². The van der Waals surface area contributed by atoms with Crippen LogP contribution >= 0.6 is 11.6 Å². The number of ether oxygens (including phenoxy) is 1. The minimum Gasteiger partial charge on any atom is -0.457 e. The third kappa shape index (κ3) is 4.42. The molecule has 0 aliphatic carbocycles. The number of hydrogen-bond donors (Lipinski definition) is 0. The van der Waals surface area contributed by atoms with Crippen molar-refractivity contribution in [2.75, 3.05) is 4.90 Å². The van der Waals surface area contributed by atoms with Gasteiger partial charge in [0.2, 0.25) is 5.76 Å². The van der Waals surface area contributed by atoms with Crippen LogP contribution in [0.5, 0.6) is 11.5 Å². The van der Waals surface area contributed by atoms with Crippen molar-refractivity contribution in [3.05, 3.63) is 135 Å². The highest BCUT2D eigenvalue weighted by atomic mass is 35.5. The molecule has 1 unspecified atom stereocenters. The van der Waals surface area contributed by atoms with Crippen LogP contribution in [-0.2, 0) is 6.18 Å². The van der Waals surface area contributed by atoms with Gasteiger partial charge in [0.15, 0.2) is 5.43 Å². The number of para-hydroxylation sites is 1. The van der Waals surface area contributed by atoms with Gasteiger partial charge >= 0.3 is 6.18 Å². The number of carbonyl (C=O) groups is 1. The summed E-state index contributed by atoms with van der Waals surface area (Å²) in [5.41, 5.74) is -0.883. The molecule has 5 aromatic rings. The highest BCUT2D eigenvalue weighted by Crippen LogP contribution is 2.43. The Hall–Kier alpha value is -4.56. The summed E-state index contributed by atoms with van der Waals surface area (Å²) in [4.78, 5) is 28.7. The van der Waals surface area contributed by atoms with Crippen LogP contribution in [0.3, 0.4) is 0 Å². The number of alkyl halides is 3. The highest BCUT2D eigenvalue weighted by Gasteiger charge is 2.44. The van der Waals surface area contributed by atoms with Gasteiger partial charge in [0.05, 0.1) is 22.6 Å². The third-order valence-corrected chi connectivity index (χ3v) is 6.67. The van der Waals surface area contributed by atoms with Crippen molar-refractivity contribution in [1.29, 1.82) is 0 Å². The number of rotatable bonds is 4. The Morgan fingerprint density at radius 1 is 0.821 bits per heavy atom. The lowest BCUT2D eigenvalue weighted by Crippen LogP contribution is -2.29. The van der Waals surface area contributed by atoms with Crippen molar-refractivity contribution in [2.45, 2.75) is 12.2 Å². The molecule has 0 radical (unpaired) electrons. The maximum Gasteiger partial charge on any atom is 0.416 e. The van der Waals surface area contributed by atoms with Crippen LogP contribution in [0.15, 0.2) is 106 Å². The summed E-state index contributed by atoms with van der Waals surface area (Å²) in [5, 5.41) is 0.449. The first-order chi connectivity index (χ1) is 18.7. The van der Waals surface area contributed by atoms with E-state index >= 15 is 0 Å². The Bertz CT molecular complexity index is 1800. The Morgan fingerprint density at radius 2 is 1.56 bits per heavy atom. The van der Waals surface area contributed by atoms with Crippen molar-refractivity contribution in [2.24, 2.45) is 0 Å². The fourth-order valence-electron chi connectivity index (χ4n) is 4.73. The Morgan fingerprint density at radius 3 is 2.33 bits per heavy atom. The minimum absolute atomic E-state index is 0.00374. The molecule has 0 saturated carbocycles. The summed E-state index contributed by atoms with van der Waals surface area (Å²) < 4.78 is 52.6. The lowest BCUT2D eigenvalue weighted by Gasteiger charge is -2.26. The van der Waals surface area contributed by atoms with Crippen molar-refractivity contribution in [3.8, 4) is 11.5 Å². The fraction of sp³-hybridized carbons (Fsp3) is 0.0667. The van der Waals surface area contributed by atoms with E-state index in [9.17, 15) is 22.8 Å². The van der Waals surface area contributed by atoms with E-state index in [1.807, 2.05) is 18.2 Å². The molecule has 194 valence electrons. The standard InChI is InChI=1S/C30H17ClF3NO4/c31-19-12-13-24-23(16-19)27(36)25-26(17-6-4-11-22(14-17)38-21-9-2-1-3-10-21)35(29(37)28(25)39-24)20-8-5-7-18(15-20)30(32,33)34/h1-16,26H. The van der Waals surface area contributed by atoms with E-state index in [2.05, 4.69) is 0 Å². The molecule has 0 bridgehead atoms. The summed E-state index contributed by atoms with van der Waals surface area (Å²) in [7, 11) is 0. The maximum absolute atomic E-state index is 13.8. The summed E-state index contributed by atoms with van der Waals surface area (Å²) in [5.74, 6) is -0.00600. The molecule has 2 heterocycles. The first kappa shape index (κ1) is 24.8. The topological polar surface area (TPSA) is 59.8 Å². The zero-order valence-corrected chi connectivity index (χ0v) is 20.7. The third-order valence-electron chi connectivity index (χ3n) is 6.44. The van der Waals surface area contributed by atoms with Gasteiger partial charge in [0.1, 0.15) is 17.1 Å². The van der Waals surface area contributed by atoms with Gasteiger partial charge < -0.3 is 9.15 Å². The monoisotopic (exact) mass is 547 g/mol. The molecule has 1 aromatic heterocycles.